The number of azide groups is 1. The molecule has 1 N–H and O–H groups in total. The first-order valence-corrected chi connectivity index (χ1v) is 13.1. The molecule has 1 heterocycles. The highest BCUT2D eigenvalue weighted by atomic mass is 16.6. The number of hydrogen-bond acceptors (Lipinski definition) is 5. The van der Waals surface area contributed by atoms with Crippen LogP contribution in [0.25, 0.3) is 21.6 Å². The number of hydrogen-bond donors (Lipinski definition) is 1. The molecule has 0 unspecified atom stereocenters. The van der Waals surface area contributed by atoms with Gasteiger partial charge in [-0.05, 0) is 70.8 Å². The molecule has 1 amide bonds. The number of rotatable bonds is 6. The number of piperazine rings is 1. The van der Waals surface area contributed by atoms with Gasteiger partial charge in [0.2, 0.25) is 0 Å². The normalized spacial score (nSPS) is 14.4. The van der Waals surface area contributed by atoms with E-state index in [0.29, 0.717) is 43.0 Å². The molecule has 1 saturated heterocycles. The number of amides is 1. The molecule has 9 heteroatoms. The number of fused-ring (bicyclic) bond motifs is 3. The Labute approximate surface area is 227 Å². The van der Waals surface area contributed by atoms with Gasteiger partial charge in [-0.2, -0.15) is 0 Å². The van der Waals surface area contributed by atoms with E-state index in [-0.39, 0.29) is 25.0 Å². The third-order valence-corrected chi connectivity index (χ3v) is 7.99. The van der Waals surface area contributed by atoms with E-state index in [4.69, 9.17) is 10.3 Å². The Bertz CT molecular complexity index is 1460. The molecule has 0 spiro atoms. The molecular weight excluding hydrogens is 494 g/mol. The van der Waals surface area contributed by atoms with E-state index in [1.165, 1.54) is 22.3 Å². The fraction of sp³-hybridized carbons (Fsp3) is 0.333. The minimum Gasteiger partial charge on any atom is -0.481 e. The Morgan fingerprint density at radius 1 is 0.949 bits per heavy atom. The van der Waals surface area contributed by atoms with Gasteiger partial charge in [0.1, 0.15) is 6.61 Å². The topological polar surface area (TPSA) is 119 Å². The van der Waals surface area contributed by atoms with Crippen molar-refractivity contribution in [3.05, 3.63) is 92.4 Å². The van der Waals surface area contributed by atoms with Crippen LogP contribution in [0.1, 0.15) is 39.3 Å². The van der Waals surface area contributed by atoms with E-state index < -0.39 is 5.97 Å². The molecule has 0 aromatic heterocycles. The van der Waals surface area contributed by atoms with Crippen molar-refractivity contribution in [2.24, 2.45) is 5.11 Å². The maximum absolute atomic E-state index is 13.1. The van der Waals surface area contributed by atoms with E-state index in [1.807, 2.05) is 38.1 Å². The van der Waals surface area contributed by atoms with Gasteiger partial charge < -0.3 is 19.6 Å². The molecule has 3 aromatic carbocycles. The van der Waals surface area contributed by atoms with E-state index in [1.54, 1.807) is 11.8 Å². The summed E-state index contributed by atoms with van der Waals surface area (Å²) >= 11 is 0. The van der Waals surface area contributed by atoms with Gasteiger partial charge in [-0.25, -0.2) is 4.79 Å². The van der Waals surface area contributed by atoms with Crippen molar-refractivity contribution in [1.82, 2.24) is 4.90 Å². The molecule has 0 atom stereocenters. The monoisotopic (exact) mass is 525 g/mol. The van der Waals surface area contributed by atoms with Crippen LogP contribution in [0.5, 0.6) is 0 Å². The van der Waals surface area contributed by atoms with E-state index in [0.717, 1.165) is 16.8 Å². The number of carboxylic acids is 1. The minimum absolute atomic E-state index is 0.00672. The Balaban J connectivity index is 1.29. The zero-order valence-corrected chi connectivity index (χ0v) is 22.3. The Hall–Kier alpha value is -4.49. The first kappa shape index (κ1) is 26.1. The lowest BCUT2D eigenvalue weighted by Crippen LogP contribution is -2.49. The highest BCUT2D eigenvalue weighted by molar-refractivity contribution is 5.80. The summed E-state index contributed by atoms with van der Waals surface area (Å²) < 4.78 is 5.85. The van der Waals surface area contributed by atoms with Crippen LogP contribution in [0.3, 0.4) is 0 Å². The second kappa shape index (κ2) is 10.7. The largest absolute Gasteiger partial charge is 0.481 e. The minimum atomic E-state index is -0.942. The third kappa shape index (κ3) is 4.77. The molecule has 0 saturated carbocycles. The molecule has 39 heavy (non-hydrogen) atoms. The maximum Gasteiger partial charge on any atom is 0.409 e. The SMILES string of the molecule is Cc1c(CC(=O)O)c(C)c(N2CCN(C(=O)OCC3c4ccccc4-c4ccccc43)CC2)c(C)c1N=[N+]=[N-]. The summed E-state index contributed by atoms with van der Waals surface area (Å²) in [7, 11) is 0. The first-order chi connectivity index (χ1) is 18.8. The lowest BCUT2D eigenvalue weighted by molar-refractivity contribution is -0.136. The van der Waals surface area contributed by atoms with Gasteiger partial charge in [-0.1, -0.05) is 53.6 Å². The summed E-state index contributed by atoms with van der Waals surface area (Å²) in [4.78, 5) is 31.5. The summed E-state index contributed by atoms with van der Waals surface area (Å²) in [5.74, 6) is -0.935. The van der Waals surface area contributed by atoms with Crippen LogP contribution < -0.4 is 4.90 Å². The molecule has 1 aliphatic heterocycles. The number of nitrogens with zero attached hydrogens (tertiary/aromatic N) is 5. The molecule has 2 aliphatic rings. The molecule has 0 bridgehead atoms. The predicted molar refractivity (Wildman–Crippen MR) is 150 cm³/mol. The average Bonchev–Trinajstić information content (AvgIpc) is 3.26. The molecule has 9 nitrogen and oxygen atoms in total. The highest BCUT2D eigenvalue weighted by Crippen LogP contribution is 2.44. The van der Waals surface area contributed by atoms with Crippen molar-refractivity contribution in [2.45, 2.75) is 33.1 Å². The fourth-order valence-corrected chi connectivity index (χ4v) is 6.13. The van der Waals surface area contributed by atoms with Crippen LogP contribution in [0.4, 0.5) is 16.2 Å². The summed E-state index contributed by atoms with van der Waals surface area (Å²) in [6, 6.07) is 16.5. The van der Waals surface area contributed by atoms with Crippen molar-refractivity contribution in [2.75, 3.05) is 37.7 Å². The lowest BCUT2D eigenvalue weighted by Gasteiger charge is -2.38. The highest BCUT2D eigenvalue weighted by Gasteiger charge is 2.31. The summed E-state index contributed by atoms with van der Waals surface area (Å²) in [5.41, 5.74) is 18.2. The standard InChI is InChI=1S/C30H31N5O4/c1-18-25(16-27(36)37)19(2)29(20(3)28(18)32-33-31)34-12-14-35(15-13-34)30(38)39-17-26-23-10-6-4-8-21(23)22-9-5-7-11-24(22)26/h4-11,26H,12-17H2,1-3H3,(H,36,37). The second-order valence-electron chi connectivity index (χ2n) is 10.1. The quantitative estimate of drug-likeness (QED) is 0.232. The van der Waals surface area contributed by atoms with Crippen molar-refractivity contribution in [3.8, 4) is 11.1 Å². The number of ether oxygens (including phenoxy) is 1. The summed E-state index contributed by atoms with van der Waals surface area (Å²) in [6.07, 6.45) is -0.492. The fourth-order valence-electron chi connectivity index (χ4n) is 6.13. The maximum atomic E-state index is 13.1. The smallest absolute Gasteiger partial charge is 0.409 e. The number of aliphatic carboxylic acids is 1. The number of benzene rings is 3. The van der Waals surface area contributed by atoms with Crippen molar-refractivity contribution >= 4 is 23.4 Å². The Morgan fingerprint density at radius 2 is 1.54 bits per heavy atom. The lowest BCUT2D eigenvalue weighted by atomic mass is 9.92. The first-order valence-electron chi connectivity index (χ1n) is 13.1. The van der Waals surface area contributed by atoms with Crippen LogP contribution in [0, 0.1) is 20.8 Å². The van der Waals surface area contributed by atoms with Gasteiger partial charge in [0, 0.05) is 48.4 Å². The zero-order valence-electron chi connectivity index (χ0n) is 22.3. The number of carbonyl (C=O) groups is 2. The molecule has 0 radical (unpaired) electrons. The van der Waals surface area contributed by atoms with Gasteiger partial charge >= 0.3 is 12.1 Å². The Kier molecular flexibility index (Phi) is 7.17. The molecule has 1 aliphatic carbocycles. The second-order valence-corrected chi connectivity index (χ2v) is 10.1. The molecule has 200 valence electrons. The zero-order chi connectivity index (χ0) is 27.7. The van der Waals surface area contributed by atoms with Crippen molar-refractivity contribution < 1.29 is 19.4 Å². The van der Waals surface area contributed by atoms with Gasteiger partial charge in [0.05, 0.1) is 6.42 Å². The number of carbonyl (C=O) groups excluding carboxylic acids is 1. The molecule has 1 fully saturated rings. The van der Waals surface area contributed by atoms with E-state index in [9.17, 15) is 14.7 Å². The molecular formula is C30H31N5O4. The van der Waals surface area contributed by atoms with Crippen LogP contribution in [0.15, 0.2) is 53.6 Å². The van der Waals surface area contributed by atoms with Gasteiger partial charge in [-0.15, -0.1) is 0 Å². The van der Waals surface area contributed by atoms with E-state index in [2.05, 4.69) is 39.2 Å². The van der Waals surface area contributed by atoms with E-state index >= 15 is 0 Å². The molecule has 5 rings (SSSR count). The Morgan fingerprint density at radius 3 is 2.10 bits per heavy atom. The van der Waals surface area contributed by atoms with Crippen LogP contribution >= 0.6 is 0 Å². The number of anilines is 1. The summed E-state index contributed by atoms with van der Waals surface area (Å²) in [5, 5.41) is 13.3. The van der Waals surface area contributed by atoms with Crippen LogP contribution in [-0.4, -0.2) is 54.9 Å². The summed E-state index contributed by atoms with van der Waals surface area (Å²) in [6.45, 7) is 7.91. The molecule has 3 aromatic rings. The van der Waals surface area contributed by atoms with Crippen LogP contribution in [-0.2, 0) is 16.0 Å². The predicted octanol–water partition coefficient (Wildman–Crippen LogP) is 6.25. The number of carboxylic acid groups (broad SMARTS) is 1. The van der Waals surface area contributed by atoms with Gasteiger partial charge in [0.25, 0.3) is 0 Å². The van der Waals surface area contributed by atoms with Crippen LogP contribution in [0.2, 0.25) is 0 Å². The van der Waals surface area contributed by atoms with Crippen molar-refractivity contribution in [1.29, 1.82) is 0 Å². The van der Waals surface area contributed by atoms with Gasteiger partial charge in [-0.3, -0.25) is 4.79 Å². The third-order valence-electron chi connectivity index (χ3n) is 7.99. The van der Waals surface area contributed by atoms with Gasteiger partial charge in [0.15, 0.2) is 0 Å². The van der Waals surface area contributed by atoms with Crippen molar-refractivity contribution in [3.63, 3.8) is 0 Å². The average molecular weight is 526 g/mol.